The number of hydrogen-bond acceptors (Lipinski definition) is 3. The average Bonchev–Trinajstić information content (AvgIpc) is 2.66. The number of nitrogens with zero attached hydrogens (tertiary/aromatic N) is 1. The van der Waals surface area contributed by atoms with Crippen molar-refractivity contribution in [3.63, 3.8) is 0 Å². The van der Waals surface area contributed by atoms with Gasteiger partial charge >= 0.3 is 0 Å². The first-order valence-corrected chi connectivity index (χ1v) is 8.52. The van der Waals surface area contributed by atoms with Crippen LogP contribution < -0.4 is 9.47 Å². The molecule has 1 aliphatic rings. The number of hydrogen-bond donors (Lipinski definition) is 0. The van der Waals surface area contributed by atoms with Crippen LogP contribution in [0.5, 0.6) is 11.5 Å². The first kappa shape index (κ1) is 18.0. The van der Waals surface area contributed by atoms with Crippen molar-refractivity contribution in [2.45, 2.75) is 19.4 Å². The molecule has 0 aromatic heterocycles. The van der Waals surface area contributed by atoms with E-state index >= 15 is 0 Å². The first-order chi connectivity index (χ1) is 12.5. The molecule has 0 N–H and O–H groups in total. The van der Waals surface area contributed by atoms with Gasteiger partial charge in [-0.25, -0.2) is 4.39 Å². The van der Waals surface area contributed by atoms with Crippen LogP contribution in [-0.2, 0) is 11.2 Å². The van der Waals surface area contributed by atoms with Crippen molar-refractivity contribution in [1.29, 1.82) is 0 Å². The number of methoxy groups -OCH3 is 2. The molecule has 136 valence electrons. The van der Waals surface area contributed by atoms with E-state index in [0.29, 0.717) is 18.0 Å². The summed E-state index contributed by atoms with van der Waals surface area (Å²) in [4.78, 5) is 14.4. The molecule has 0 aliphatic carbocycles. The fourth-order valence-electron chi connectivity index (χ4n) is 3.30. The average molecular weight is 355 g/mol. The number of rotatable bonds is 4. The van der Waals surface area contributed by atoms with Crippen molar-refractivity contribution in [3.05, 3.63) is 65.0 Å². The SMILES string of the molecule is COc1ccc(/C=C/C(=O)N2CCc3ccc(F)cc3C2C)c(OC)c1. The van der Waals surface area contributed by atoms with E-state index < -0.39 is 0 Å². The minimum Gasteiger partial charge on any atom is -0.497 e. The van der Waals surface area contributed by atoms with Gasteiger partial charge in [0.15, 0.2) is 0 Å². The molecule has 1 unspecified atom stereocenters. The Kier molecular flexibility index (Phi) is 5.26. The summed E-state index contributed by atoms with van der Waals surface area (Å²) in [5.74, 6) is 0.940. The van der Waals surface area contributed by atoms with Crippen molar-refractivity contribution in [2.75, 3.05) is 20.8 Å². The summed E-state index contributed by atoms with van der Waals surface area (Å²) in [5, 5.41) is 0. The fraction of sp³-hybridized carbons (Fsp3) is 0.286. The van der Waals surface area contributed by atoms with E-state index in [1.54, 1.807) is 37.3 Å². The molecule has 0 bridgehead atoms. The van der Waals surface area contributed by atoms with Gasteiger partial charge < -0.3 is 14.4 Å². The van der Waals surface area contributed by atoms with Crippen molar-refractivity contribution >= 4 is 12.0 Å². The van der Waals surface area contributed by atoms with Crippen molar-refractivity contribution < 1.29 is 18.7 Å². The van der Waals surface area contributed by atoms with Gasteiger partial charge in [-0.3, -0.25) is 4.79 Å². The molecule has 2 aromatic carbocycles. The molecule has 4 nitrogen and oxygen atoms in total. The third-order valence-electron chi connectivity index (χ3n) is 4.78. The molecular weight excluding hydrogens is 333 g/mol. The molecule has 0 saturated heterocycles. The Balaban J connectivity index is 1.79. The van der Waals surface area contributed by atoms with Gasteiger partial charge in [-0.2, -0.15) is 0 Å². The number of amides is 1. The van der Waals surface area contributed by atoms with E-state index in [9.17, 15) is 9.18 Å². The predicted molar refractivity (Wildman–Crippen MR) is 98.8 cm³/mol. The van der Waals surface area contributed by atoms with E-state index in [4.69, 9.17) is 9.47 Å². The predicted octanol–water partition coefficient (Wildman–Crippen LogP) is 4.00. The Labute approximate surface area is 152 Å². The highest BCUT2D eigenvalue weighted by Gasteiger charge is 2.26. The summed E-state index contributed by atoms with van der Waals surface area (Å²) in [6.45, 7) is 2.54. The normalized spacial score (nSPS) is 16.5. The number of halogens is 1. The van der Waals surface area contributed by atoms with E-state index in [1.165, 1.54) is 18.2 Å². The molecule has 1 atom stereocenters. The smallest absolute Gasteiger partial charge is 0.247 e. The highest BCUT2D eigenvalue weighted by Crippen LogP contribution is 2.31. The molecule has 5 heteroatoms. The Hall–Kier alpha value is -2.82. The second kappa shape index (κ2) is 7.60. The molecular formula is C21H22FNO3. The van der Waals surface area contributed by atoms with E-state index in [2.05, 4.69) is 0 Å². The van der Waals surface area contributed by atoms with Crippen molar-refractivity contribution in [2.24, 2.45) is 0 Å². The molecule has 26 heavy (non-hydrogen) atoms. The van der Waals surface area contributed by atoms with Gasteiger partial charge in [-0.1, -0.05) is 6.07 Å². The maximum atomic E-state index is 13.6. The van der Waals surface area contributed by atoms with Crippen LogP contribution in [0.3, 0.4) is 0 Å². The van der Waals surface area contributed by atoms with Crippen LogP contribution in [-0.4, -0.2) is 31.6 Å². The Morgan fingerprint density at radius 3 is 2.73 bits per heavy atom. The van der Waals surface area contributed by atoms with Crippen LogP contribution in [0, 0.1) is 5.82 Å². The molecule has 3 rings (SSSR count). The number of ether oxygens (including phenoxy) is 2. The fourth-order valence-corrected chi connectivity index (χ4v) is 3.30. The van der Waals surface area contributed by atoms with Gasteiger partial charge in [0.1, 0.15) is 17.3 Å². The van der Waals surface area contributed by atoms with E-state index in [0.717, 1.165) is 23.1 Å². The number of fused-ring (bicyclic) bond motifs is 1. The van der Waals surface area contributed by atoms with Gasteiger partial charge in [0.05, 0.1) is 20.3 Å². The van der Waals surface area contributed by atoms with Crippen LogP contribution in [0.25, 0.3) is 6.08 Å². The van der Waals surface area contributed by atoms with E-state index in [1.807, 2.05) is 19.1 Å². The zero-order valence-corrected chi connectivity index (χ0v) is 15.2. The number of benzene rings is 2. The topological polar surface area (TPSA) is 38.8 Å². The summed E-state index contributed by atoms with van der Waals surface area (Å²) in [6.07, 6.45) is 3.99. The third-order valence-corrected chi connectivity index (χ3v) is 4.78. The molecule has 0 spiro atoms. The maximum Gasteiger partial charge on any atom is 0.247 e. The zero-order chi connectivity index (χ0) is 18.7. The third kappa shape index (κ3) is 3.57. The zero-order valence-electron chi connectivity index (χ0n) is 15.2. The number of carbonyl (C=O) groups is 1. The Bertz CT molecular complexity index is 847. The Morgan fingerprint density at radius 1 is 1.19 bits per heavy atom. The molecule has 0 fully saturated rings. The highest BCUT2D eigenvalue weighted by atomic mass is 19.1. The minimum atomic E-state index is -0.275. The highest BCUT2D eigenvalue weighted by molar-refractivity contribution is 5.92. The minimum absolute atomic E-state index is 0.106. The van der Waals surface area contributed by atoms with Crippen molar-refractivity contribution in [1.82, 2.24) is 4.90 Å². The maximum absolute atomic E-state index is 13.6. The summed E-state index contributed by atoms with van der Waals surface area (Å²) in [7, 11) is 3.17. The lowest BCUT2D eigenvalue weighted by Gasteiger charge is -2.34. The van der Waals surface area contributed by atoms with E-state index in [-0.39, 0.29) is 17.8 Å². The summed E-state index contributed by atoms with van der Waals surface area (Å²) in [5.41, 5.74) is 2.77. The summed E-state index contributed by atoms with van der Waals surface area (Å²) in [6, 6.07) is 10.1. The van der Waals surface area contributed by atoms with Gasteiger partial charge in [0.2, 0.25) is 5.91 Å². The molecule has 0 saturated carbocycles. The lowest BCUT2D eigenvalue weighted by atomic mass is 9.93. The molecule has 0 radical (unpaired) electrons. The molecule has 2 aromatic rings. The quantitative estimate of drug-likeness (QED) is 0.778. The molecule has 1 heterocycles. The lowest BCUT2D eigenvalue weighted by Crippen LogP contribution is -2.37. The van der Waals surface area contributed by atoms with Gasteiger partial charge in [0.25, 0.3) is 0 Å². The summed E-state index contributed by atoms with van der Waals surface area (Å²) < 4.78 is 24.1. The largest absolute Gasteiger partial charge is 0.497 e. The monoisotopic (exact) mass is 355 g/mol. The molecule has 1 aliphatic heterocycles. The lowest BCUT2D eigenvalue weighted by molar-refractivity contribution is -0.128. The number of carbonyl (C=O) groups excluding carboxylic acids is 1. The van der Waals surface area contributed by atoms with Gasteiger partial charge in [-0.15, -0.1) is 0 Å². The second-order valence-corrected chi connectivity index (χ2v) is 6.24. The van der Waals surface area contributed by atoms with Gasteiger partial charge in [-0.05, 0) is 54.8 Å². The van der Waals surface area contributed by atoms with Crippen LogP contribution in [0.1, 0.15) is 29.7 Å². The Morgan fingerprint density at radius 2 is 2.00 bits per heavy atom. The van der Waals surface area contributed by atoms with Crippen LogP contribution in [0.2, 0.25) is 0 Å². The van der Waals surface area contributed by atoms with Gasteiger partial charge in [0, 0.05) is 24.3 Å². The summed E-state index contributed by atoms with van der Waals surface area (Å²) >= 11 is 0. The van der Waals surface area contributed by atoms with Crippen LogP contribution in [0.4, 0.5) is 4.39 Å². The second-order valence-electron chi connectivity index (χ2n) is 6.24. The molecule has 1 amide bonds. The van der Waals surface area contributed by atoms with Crippen molar-refractivity contribution in [3.8, 4) is 11.5 Å². The van der Waals surface area contributed by atoms with Crippen LogP contribution in [0.15, 0.2) is 42.5 Å². The standard InChI is InChI=1S/C21H22FNO3/c1-14-19-12-17(22)7-4-15(19)10-11-23(14)21(24)9-6-16-5-8-18(25-2)13-20(16)26-3/h4-9,12-14H,10-11H2,1-3H3/b9-6+. The van der Waals surface area contributed by atoms with Crippen LogP contribution >= 0.6 is 0 Å². The first-order valence-electron chi connectivity index (χ1n) is 8.52.